The van der Waals surface area contributed by atoms with Crippen LogP contribution in [0.1, 0.15) is 92.0 Å². The predicted octanol–water partition coefficient (Wildman–Crippen LogP) is 7.76. The molecule has 14 heteroatoms. The minimum absolute atomic E-state index is 0.00461. The second kappa shape index (κ2) is 22.0. The molecule has 13 nitrogen and oxygen atoms in total. The van der Waals surface area contributed by atoms with Crippen molar-refractivity contribution in [1.82, 2.24) is 20.4 Å². The van der Waals surface area contributed by atoms with Crippen molar-refractivity contribution in [2.24, 2.45) is 23.5 Å². The fourth-order valence-electron chi connectivity index (χ4n) is 8.37. The van der Waals surface area contributed by atoms with Crippen LogP contribution >= 0.6 is 11.6 Å². The molecule has 4 bridgehead atoms. The maximum atomic E-state index is 14.7. The Bertz CT molecular complexity index is 2510. The summed E-state index contributed by atoms with van der Waals surface area (Å²) in [4.78, 5) is 85.5. The number of hydrogen-bond donors (Lipinski definition) is 5. The number of nitrogens with one attached hydrogen (secondary N) is 2. The van der Waals surface area contributed by atoms with Crippen molar-refractivity contribution in [1.29, 1.82) is 0 Å². The predicted molar refractivity (Wildman–Crippen MR) is 248 cm³/mol. The van der Waals surface area contributed by atoms with Gasteiger partial charge in [0.05, 0.1) is 6.04 Å². The topological polar surface area (TPSA) is 213 Å². The number of aromatic hydroxyl groups is 2. The minimum atomic E-state index is -1.28. The summed E-state index contributed by atoms with van der Waals surface area (Å²) < 4.78 is 0. The summed E-state index contributed by atoms with van der Waals surface area (Å²) in [5.41, 5.74) is 10.1. The first kappa shape index (κ1) is 48.0. The van der Waals surface area contributed by atoms with Crippen molar-refractivity contribution >= 4 is 46.5 Å². The highest BCUT2D eigenvalue weighted by molar-refractivity contribution is 6.30. The van der Waals surface area contributed by atoms with Gasteiger partial charge < -0.3 is 26.2 Å². The lowest BCUT2D eigenvalue weighted by atomic mass is 9.87. The molecule has 2 amide bonds. The van der Waals surface area contributed by atoms with Gasteiger partial charge in [-0.3, -0.25) is 33.9 Å². The Morgan fingerprint density at radius 3 is 2.18 bits per heavy atom. The Labute approximate surface area is 383 Å². The molecule has 1 aromatic heterocycles. The first-order valence-electron chi connectivity index (χ1n) is 22.0. The number of benzene rings is 4. The maximum Gasteiger partial charge on any atom is 0.226 e. The monoisotopic (exact) mass is 901 g/mol. The van der Waals surface area contributed by atoms with Crippen LogP contribution in [0.25, 0.3) is 22.3 Å². The summed E-state index contributed by atoms with van der Waals surface area (Å²) in [6, 6.07) is 22.9. The van der Waals surface area contributed by atoms with Crippen molar-refractivity contribution in [2.75, 3.05) is 13.6 Å². The molecule has 0 aliphatic carbocycles. The molecule has 0 saturated carbocycles. The number of nitrogens with zero attached hydrogens (tertiary/aromatic N) is 2. The zero-order valence-electron chi connectivity index (χ0n) is 36.9. The van der Waals surface area contributed by atoms with Crippen LogP contribution in [0.5, 0.6) is 11.5 Å². The number of unbranched alkanes of at least 4 members (excludes halogenated alkanes) is 1. The maximum absolute atomic E-state index is 14.7. The van der Waals surface area contributed by atoms with Crippen molar-refractivity contribution in [2.45, 2.75) is 83.7 Å². The summed E-state index contributed by atoms with van der Waals surface area (Å²) in [5.74, 6) is -5.15. The van der Waals surface area contributed by atoms with Crippen LogP contribution in [-0.2, 0) is 36.8 Å². The second-order valence-electron chi connectivity index (χ2n) is 17.1. The Hall–Kier alpha value is -6.44. The van der Waals surface area contributed by atoms with Gasteiger partial charge in [-0.1, -0.05) is 80.4 Å². The molecule has 2 heterocycles. The first-order valence-corrected chi connectivity index (χ1v) is 22.4. The van der Waals surface area contributed by atoms with Crippen molar-refractivity contribution in [3.8, 4) is 33.8 Å². The number of hydrogen-bond acceptors (Lipinski definition) is 10. The third-order valence-electron chi connectivity index (χ3n) is 12.3. The molecule has 0 saturated heterocycles. The molecule has 6 rings (SSSR count). The fraction of sp³-hybridized carbons (Fsp3) is 0.353. The number of H-pyrrole nitrogens is 1. The number of fused-ring (bicyclic) bond motifs is 5. The van der Waals surface area contributed by atoms with E-state index in [1.54, 1.807) is 62.5 Å². The Balaban J connectivity index is 1.28. The number of carbonyl (C=O) groups is 6. The number of aromatic amines is 1. The number of phenols is 2. The van der Waals surface area contributed by atoms with Gasteiger partial charge in [0.25, 0.3) is 0 Å². The van der Waals surface area contributed by atoms with Gasteiger partial charge in [-0.25, -0.2) is 0 Å². The van der Waals surface area contributed by atoms with Gasteiger partial charge in [0.15, 0.2) is 17.3 Å². The molecule has 340 valence electrons. The number of ketones is 4. The van der Waals surface area contributed by atoms with Gasteiger partial charge in [-0.15, -0.1) is 0 Å². The van der Waals surface area contributed by atoms with E-state index in [0.29, 0.717) is 53.9 Å². The fourth-order valence-corrected chi connectivity index (χ4v) is 8.50. The number of carbonyl (C=O) groups excluding carboxylic acids is 6. The summed E-state index contributed by atoms with van der Waals surface area (Å²) in [7, 11) is 1.48. The second-order valence-corrected chi connectivity index (χ2v) is 17.6. The molecule has 6 N–H and O–H groups in total. The van der Waals surface area contributed by atoms with E-state index >= 15 is 0 Å². The summed E-state index contributed by atoms with van der Waals surface area (Å²) in [6.45, 7) is 3.62. The van der Waals surface area contributed by atoms with Crippen LogP contribution in [0.15, 0.2) is 97.2 Å². The van der Waals surface area contributed by atoms with Crippen LogP contribution in [0.2, 0.25) is 5.02 Å². The van der Waals surface area contributed by atoms with Gasteiger partial charge in [-0.05, 0) is 96.9 Å². The van der Waals surface area contributed by atoms with Gasteiger partial charge in [0.1, 0.15) is 23.3 Å². The van der Waals surface area contributed by atoms with E-state index in [-0.39, 0.29) is 72.1 Å². The zero-order valence-corrected chi connectivity index (χ0v) is 37.6. The van der Waals surface area contributed by atoms with Crippen LogP contribution in [0, 0.1) is 17.8 Å². The van der Waals surface area contributed by atoms with Gasteiger partial charge in [-0.2, -0.15) is 5.10 Å². The highest BCUT2D eigenvalue weighted by atomic mass is 35.5. The highest BCUT2D eigenvalue weighted by Crippen LogP contribution is 2.40. The number of aryl methyl sites for hydroxylation is 1. The lowest BCUT2D eigenvalue weighted by Crippen LogP contribution is -2.46. The molecule has 0 radical (unpaired) electrons. The first-order chi connectivity index (χ1) is 31.1. The number of halogens is 1. The van der Waals surface area contributed by atoms with Crippen LogP contribution in [0.4, 0.5) is 0 Å². The molecule has 0 fully saturated rings. The van der Waals surface area contributed by atoms with E-state index in [1.807, 2.05) is 24.3 Å². The van der Waals surface area contributed by atoms with Crippen LogP contribution in [0.3, 0.4) is 0 Å². The average molecular weight is 902 g/mol. The zero-order chi connectivity index (χ0) is 46.8. The standard InChI is InChI=1S/C51H56ClN5O8/c1-30(43(58)20-17-39-21-23-54-56-39)24-47(62)42-27-32-7-18-44(59)40(26-32)41-28-36(14-19-45(41)60)49(48(63)25-31(2)50(64)55-42)57(3)51(65)37(6-4-5-22-53)29-46(61)35-10-8-33(9-11-35)34-12-15-38(52)16-13-34/h7-16,18-19,21,23,26,28,30-31,37,42,49,59-60H,4-6,17,20,22,24-25,27,29,53H2,1-3H3,(H,54,56)(H,55,64)/t30-,31-,37-,42+,49+/m1/s1. The third-order valence-corrected chi connectivity index (χ3v) is 12.5. The van der Waals surface area contributed by atoms with E-state index in [1.165, 1.54) is 36.2 Å². The quantitative estimate of drug-likeness (QED) is 0.0452. The minimum Gasteiger partial charge on any atom is -0.507 e. The van der Waals surface area contributed by atoms with E-state index in [0.717, 1.165) is 16.8 Å². The van der Waals surface area contributed by atoms with Gasteiger partial charge >= 0.3 is 0 Å². The number of Topliss-reactive ketones (excluding diaryl/α,β-unsaturated/α-hetero) is 4. The lowest BCUT2D eigenvalue weighted by molar-refractivity contribution is -0.142. The Morgan fingerprint density at radius 1 is 0.862 bits per heavy atom. The largest absolute Gasteiger partial charge is 0.507 e. The molecule has 4 aromatic carbocycles. The summed E-state index contributed by atoms with van der Waals surface area (Å²) in [6.07, 6.45) is 3.09. The lowest BCUT2D eigenvalue weighted by Gasteiger charge is -2.32. The molecule has 0 spiro atoms. The third kappa shape index (κ3) is 12.2. The summed E-state index contributed by atoms with van der Waals surface area (Å²) in [5, 5.41) is 32.5. The van der Waals surface area contributed by atoms with Crippen LogP contribution in [-0.4, -0.2) is 79.9 Å². The van der Waals surface area contributed by atoms with Crippen molar-refractivity contribution in [3.63, 3.8) is 0 Å². The number of aromatic nitrogens is 2. The van der Waals surface area contributed by atoms with E-state index in [9.17, 15) is 39.0 Å². The summed E-state index contributed by atoms with van der Waals surface area (Å²) >= 11 is 6.07. The van der Waals surface area contributed by atoms with Gasteiger partial charge in [0, 0.05) is 84.1 Å². The van der Waals surface area contributed by atoms with Gasteiger partial charge in [0.2, 0.25) is 11.8 Å². The average Bonchev–Trinajstić information content (AvgIpc) is 3.82. The SMILES string of the molecule is C[C@H](CC(=O)[C@@H]1Cc2ccc(O)c(c2)-c2cc(ccc2O)[C@H](N(C)C(=O)[C@H](CCCCN)CC(=O)c2ccc(-c3ccc(Cl)cc3)cc2)C(=O)C[C@@H](C)C(=O)N1)C(=O)CCc1ccn[nH]1. The highest BCUT2D eigenvalue weighted by Gasteiger charge is 2.36. The smallest absolute Gasteiger partial charge is 0.226 e. The van der Waals surface area contributed by atoms with E-state index < -0.39 is 47.4 Å². The molecular weight excluding hydrogens is 846 g/mol. The molecule has 1 aliphatic rings. The molecule has 5 atom stereocenters. The molecule has 0 unspecified atom stereocenters. The number of likely N-dealkylation sites (N-methyl/N-ethyl adjacent to an activating group) is 1. The Kier molecular flexibility index (Phi) is 16.2. The molecule has 1 aliphatic heterocycles. The molecular formula is C51H56ClN5O8. The van der Waals surface area contributed by atoms with Crippen molar-refractivity contribution < 1.29 is 39.0 Å². The van der Waals surface area contributed by atoms with E-state index in [4.69, 9.17) is 17.3 Å². The molecule has 65 heavy (non-hydrogen) atoms. The van der Waals surface area contributed by atoms with E-state index in [2.05, 4.69) is 15.5 Å². The number of rotatable bonds is 17. The number of phenolic OH excluding ortho intramolecular Hbond substituents is 2. The van der Waals surface area contributed by atoms with Crippen molar-refractivity contribution in [3.05, 3.63) is 125 Å². The Morgan fingerprint density at radius 2 is 1.52 bits per heavy atom. The number of amides is 2. The van der Waals surface area contributed by atoms with Crippen LogP contribution < -0.4 is 11.1 Å². The number of nitrogens with two attached hydrogens (primary N) is 1. The normalized spacial score (nSPS) is 17.3. The molecule has 5 aromatic rings.